The summed E-state index contributed by atoms with van der Waals surface area (Å²) in [5.74, 6) is 0.285. The average molecular weight is 347 g/mol. The van der Waals surface area contributed by atoms with Crippen LogP contribution in [0.5, 0.6) is 5.75 Å². The van der Waals surface area contributed by atoms with Gasteiger partial charge in [0.1, 0.15) is 5.75 Å². The first kappa shape index (κ1) is 17.0. The third-order valence-corrected chi connectivity index (χ3v) is 5.53. The number of β-amino-alcohol motifs (C(OH)–C–C–N with tert-alkyl or cyclic N) is 1. The van der Waals surface area contributed by atoms with Gasteiger partial charge in [0.2, 0.25) is 0 Å². The van der Waals surface area contributed by atoms with E-state index in [2.05, 4.69) is 4.90 Å². The summed E-state index contributed by atoms with van der Waals surface area (Å²) in [6, 6.07) is 11.8. The van der Waals surface area contributed by atoms with Crippen molar-refractivity contribution in [2.75, 3.05) is 19.3 Å². The van der Waals surface area contributed by atoms with Crippen molar-refractivity contribution in [1.29, 1.82) is 0 Å². The van der Waals surface area contributed by atoms with Crippen molar-refractivity contribution in [3.63, 3.8) is 0 Å². The highest BCUT2D eigenvalue weighted by atomic mass is 32.2. The van der Waals surface area contributed by atoms with Gasteiger partial charge in [0.05, 0.1) is 11.0 Å². The molecule has 0 aromatic heterocycles. The Kier molecular flexibility index (Phi) is 4.62. The second-order valence-electron chi connectivity index (χ2n) is 6.30. The van der Waals surface area contributed by atoms with Gasteiger partial charge in [0.25, 0.3) is 0 Å². The number of aliphatic hydroxyl groups is 1. The Morgan fingerprint density at radius 2 is 1.83 bits per heavy atom. The first-order valence-electron chi connectivity index (χ1n) is 7.84. The van der Waals surface area contributed by atoms with Crippen LogP contribution in [0.15, 0.2) is 47.4 Å². The predicted octanol–water partition coefficient (Wildman–Crippen LogP) is 1.89. The Morgan fingerprint density at radius 1 is 1.12 bits per heavy atom. The summed E-state index contributed by atoms with van der Waals surface area (Å²) in [5, 5.41) is 20.0. The number of phenolic OH excluding ortho intramolecular Hbond substituents is 1. The second-order valence-corrected chi connectivity index (χ2v) is 8.31. The Labute approximate surface area is 142 Å². The molecule has 0 radical (unpaired) electrons. The van der Waals surface area contributed by atoms with Crippen molar-refractivity contribution < 1.29 is 18.6 Å². The maximum Gasteiger partial charge on any atom is 0.175 e. The molecule has 2 aromatic carbocycles. The average Bonchev–Trinajstić information content (AvgIpc) is 2.54. The monoisotopic (exact) mass is 347 g/mol. The van der Waals surface area contributed by atoms with Crippen LogP contribution in [0, 0.1) is 0 Å². The van der Waals surface area contributed by atoms with Gasteiger partial charge in [-0.3, -0.25) is 4.90 Å². The molecule has 5 nitrogen and oxygen atoms in total. The van der Waals surface area contributed by atoms with E-state index < -0.39 is 15.9 Å². The van der Waals surface area contributed by atoms with Crippen LogP contribution in [-0.2, 0) is 22.8 Å². The Morgan fingerprint density at radius 3 is 2.50 bits per heavy atom. The first-order chi connectivity index (χ1) is 11.3. The maximum atomic E-state index is 11.5. The number of sulfone groups is 1. The molecule has 0 fully saturated rings. The van der Waals surface area contributed by atoms with E-state index in [4.69, 9.17) is 0 Å². The smallest absolute Gasteiger partial charge is 0.175 e. The summed E-state index contributed by atoms with van der Waals surface area (Å²) in [7, 11) is -3.22. The molecule has 1 unspecified atom stereocenters. The molecule has 0 aliphatic carbocycles. The fourth-order valence-electron chi connectivity index (χ4n) is 3.04. The molecule has 128 valence electrons. The molecule has 0 spiro atoms. The molecule has 6 heteroatoms. The molecule has 0 amide bonds. The van der Waals surface area contributed by atoms with Crippen LogP contribution in [0.2, 0.25) is 0 Å². The van der Waals surface area contributed by atoms with Crippen molar-refractivity contribution in [2.24, 2.45) is 0 Å². The van der Waals surface area contributed by atoms with E-state index in [1.807, 2.05) is 6.07 Å². The minimum absolute atomic E-state index is 0.255. The number of aliphatic hydroxyl groups excluding tert-OH is 1. The van der Waals surface area contributed by atoms with Crippen LogP contribution in [-0.4, -0.2) is 42.9 Å². The summed E-state index contributed by atoms with van der Waals surface area (Å²) in [6.07, 6.45) is 1.34. The lowest BCUT2D eigenvalue weighted by molar-refractivity contribution is 0.106. The van der Waals surface area contributed by atoms with E-state index in [1.54, 1.807) is 24.3 Å². The Bertz CT molecular complexity index is 831. The highest BCUT2D eigenvalue weighted by Crippen LogP contribution is 2.25. The highest BCUT2D eigenvalue weighted by Gasteiger charge is 2.20. The zero-order valence-corrected chi connectivity index (χ0v) is 14.3. The Hall–Kier alpha value is -1.89. The van der Waals surface area contributed by atoms with E-state index in [9.17, 15) is 18.6 Å². The summed E-state index contributed by atoms with van der Waals surface area (Å²) in [6.45, 7) is 2.03. The molecular weight excluding hydrogens is 326 g/mol. The van der Waals surface area contributed by atoms with Crippen LogP contribution >= 0.6 is 0 Å². The minimum Gasteiger partial charge on any atom is -0.508 e. The summed E-state index contributed by atoms with van der Waals surface area (Å²) in [4.78, 5) is 2.42. The zero-order chi connectivity index (χ0) is 17.3. The summed E-state index contributed by atoms with van der Waals surface area (Å²) < 4.78 is 23.0. The molecule has 1 aliphatic heterocycles. The zero-order valence-electron chi connectivity index (χ0n) is 13.5. The van der Waals surface area contributed by atoms with Crippen molar-refractivity contribution in [3.05, 3.63) is 59.2 Å². The minimum atomic E-state index is -3.22. The van der Waals surface area contributed by atoms with Gasteiger partial charge < -0.3 is 10.2 Å². The van der Waals surface area contributed by atoms with E-state index >= 15 is 0 Å². The number of hydrogen-bond donors (Lipinski definition) is 2. The van der Waals surface area contributed by atoms with Gasteiger partial charge in [0.15, 0.2) is 9.84 Å². The fraction of sp³-hybridized carbons (Fsp3) is 0.333. The van der Waals surface area contributed by atoms with Crippen LogP contribution in [0.1, 0.15) is 22.8 Å². The molecule has 3 rings (SSSR count). The van der Waals surface area contributed by atoms with Gasteiger partial charge in [-0.25, -0.2) is 8.42 Å². The number of benzene rings is 2. The summed E-state index contributed by atoms with van der Waals surface area (Å²) in [5.41, 5.74) is 3.02. The van der Waals surface area contributed by atoms with Crippen molar-refractivity contribution >= 4 is 9.84 Å². The van der Waals surface area contributed by atoms with Crippen LogP contribution in [0.3, 0.4) is 0 Å². The lowest BCUT2D eigenvalue weighted by atomic mass is 9.98. The maximum absolute atomic E-state index is 11.5. The predicted molar refractivity (Wildman–Crippen MR) is 91.6 cm³/mol. The van der Waals surface area contributed by atoms with Crippen molar-refractivity contribution in [2.45, 2.75) is 24.0 Å². The van der Waals surface area contributed by atoms with Gasteiger partial charge in [0, 0.05) is 25.9 Å². The standard InChI is InChI=1S/C18H21NO4S/c1-24(22,23)17-6-3-13(4-7-17)18(21)12-19-9-8-14-10-16(20)5-2-15(14)11-19/h2-7,10,18,20-21H,8-9,11-12H2,1H3. The molecule has 0 bridgehead atoms. The number of nitrogens with zero attached hydrogens (tertiary/aromatic N) is 1. The fourth-order valence-corrected chi connectivity index (χ4v) is 3.67. The molecule has 0 saturated heterocycles. The first-order valence-corrected chi connectivity index (χ1v) is 9.73. The van der Waals surface area contributed by atoms with Crippen molar-refractivity contribution in [3.8, 4) is 5.75 Å². The van der Waals surface area contributed by atoms with E-state index in [-0.39, 0.29) is 10.6 Å². The third-order valence-electron chi connectivity index (χ3n) is 4.41. The van der Waals surface area contributed by atoms with E-state index in [1.165, 1.54) is 24.0 Å². The topological polar surface area (TPSA) is 77.8 Å². The van der Waals surface area contributed by atoms with Crippen LogP contribution < -0.4 is 0 Å². The van der Waals surface area contributed by atoms with Crippen molar-refractivity contribution in [1.82, 2.24) is 4.90 Å². The number of rotatable bonds is 4. The SMILES string of the molecule is CS(=O)(=O)c1ccc(C(O)CN2CCc3cc(O)ccc3C2)cc1. The van der Waals surface area contributed by atoms with Crippen LogP contribution in [0.25, 0.3) is 0 Å². The second kappa shape index (κ2) is 6.55. The van der Waals surface area contributed by atoms with Gasteiger partial charge >= 0.3 is 0 Å². The number of fused-ring (bicyclic) bond motifs is 1. The molecule has 2 N–H and O–H groups in total. The molecule has 1 aliphatic rings. The van der Waals surface area contributed by atoms with E-state index in [0.29, 0.717) is 12.1 Å². The van der Waals surface area contributed by atoms with E-state index in [0.717, 1.165) is 25.1 Å². The molecule has 2 aromatic rings. The van der Waals surface area contributed by atoms with Gasteiger partial charge in [-0.05, 0) is 47.4 Å². The van der Waals surface area contributed by atoms with Gasteiger partial charge in [-0.15, -0.1) is 0 Å². The molecule has 1 atom stereocenters. The number of hydrogen-bond acceptors (Lipinski definition) is 5. The Balaban J connectivity index is 1.67. The quantitative estimate of drug-likeness (QED) is 0.883. The van der Waals surface area contributed by atoms with Gasteiger partial charge in [-0.1, -0.05) is 18.2 Å². The third kappa shape index (κ3) is 3.77. The highest BCUT2D eigenvalue weighted by molar-refractivity contribution is 7.90. The summed E-state index contributed by atoms with van der Waals surface area (Å²) >= 11 is 0. The van der Waals surface area contributed by atoms with Crippen LogP contribution in [0.4, 0.5) is 0 Å². The lowest BCUT2D eigenvalue weighted by Crippen LogP contribution is -2.34. The number of phenols is 1. The van der Waals surface area contributed by atoms with Gasteiger partial charge in [-0.2, -0.15) is 0 Å². The number of aromatic hydroxyl groups is 1. The molecular formula is C18H21NO4S. The largest absolute Gasteiger partial charge is 0.508 e. The molecule has 1 heterocycles. The normalized spacial score (nSPS) is 16.6. The molecule has 0 saturated carbocycles. The lowest BCUT2D eigenvalue weighted by Gasteiger charge is -2.30. The molecule has 24 heavy (non-hydrogen) atoms.